The number of carbonyl (C=O) groups is 1. The van der Waals surface area contributed by atoms with E-state index in [1.807, 2.05) is 30.3 Å². The van der Waals surface area contributed by atoms with Gasteiger partial charge >= 0.3 is 5.97 Å². The number of nitrogens with zero attached hydrogens (tertiary/aromatic N) is 1. The topological polar surface area (TPSA) is 40.5 Å². The van der Waals surface area contributed by atoms with Crippen molar-refractivity contribution in [1.82, 2.24) is 4.90 Å². The number of likely N-dealkylation sites (tertiary alicyclic amines) is 1. The first-order valence-corrected chi connectivity index (χ1v) is 10.2. The third-order valence-corrected chi connectivity index (χ3v) is 6.39. The van der Waals surface area contributed by atoms with Gasteiger partial charge in [0.15, 0.2) is 0 Å². The van der Waals surface area contributed by atoms with E-state index >= 15 is 0 Å². The van der Waals surface area contributed by atoms with Crippen molar-refractivity contribution >= 4 is 39.9 Å². The molecule has 1 fully saturated rings. The van der Waals surface area contributed by atoms with Crippen LogP contribution >= 0.6 is 23.2 Å². The van der Waals surface area contributed by atoms with E-state index in [9.17, 15) is 9.90 Å². The van der Waals surface area contributed by atoms with Gasteiger partial charge in [-0.25, -0.2) is 0 Å². The van der Waals surface area contributed by atoms with Crippen LogP contribution in [0.25, 0.3) is 10.8 Å². The molecule has 0 aliphatic carbocycles. The largest absolute Gasteiger partial charge is 0.481 e. The number of benzene rings is 3. The first kappa shape index (κ1) is 19.3. The highest BCUT2D eigenvalue weighted by molar-refractivity contribution is 6.42. The Bertz CT molecular complexity index is 1020. The van der Waals surface area contributed by atoms with Crippen molar-refractivity contribution < 1.29 is 9.90 Å². The van der Waals surface area contributed by atoms with Gasteiger partial charge in [-0.15, -0.1) is 0 Å². The van der Waals surface area contributed by atoms with Gasteiger partial charge in [0.1, 0.15) is 0 Å². The van der Waals surface area contributed by atoms with E-state index in [1.54, 1.807) is 6.07 Å². The molecule has 1 aliphatic rings. The maximum absolute atomic E-state index is 11.7. The van der Waals surface area contributed by atoms with Crippen LogP contribution in [0.15, 0.2) is 60.7 Å². The molecular formula is C23H21Cl2NO2. The summed E-state index contributed by atoms with van der Waals surface area (Å²) in [4.78, 5) is 13.9. The Morgan fingerprint density at radius 1 is 1.00 bits per heavy atom. The molecule has 0 bridgehead atoms. The molecule has 2 unspecified atom stereocenters. The van der Waals surface area contributed by atoms with Crippen LogP contribution in [0.4, 0.5) is 0 Å². The lowest BCUT2D eigenvalue weighted by molar-refractivity contribution is -0.143. The number of fused-ring (bicyclic) bond motifs is 1. The van der Waals surface area contributed by atoms with Crippen molar-refractivity contribution in [3.8, 4) is 0 Å². The van der Waals surface area contributed by atoms with Crippen LogP contribution in [-0.4, -0.2) is 29.1 Å². The van der Waals surface area contributed by atoms with Crippen molar-refractivity contribution in [3.05, 3.63) is 81.8 Å². The lowest BCUT2D eigenvalue weighted by Gasteiger charge is -2.38. The number of piperidine rings is 1. The summed E-state index contributed by atoms with van der Waals surface area (Å²) >= 11 is 13.0. The van der Waals surface area contributed by atoms with Crippen molar-refractivity contribution in [3.63, 3.8) is 0 Å². The van der Waals surface area contributed by atoms with Gasteiger partial charge in [-0.05, 0) is 47.4 Å². The molecule has 0 radical (unpaired) electrons. The molecule has 1 heterocycles. The van der Waals surface area contributed by atoms with E-state index in [0.717, 1.165) is 34.9 Å². The fourth-order valence-corrected chi connectivity index (χ4v) is 4.64. The maximum Gasteiger partial charge on any atom is 0.307 e. The Balaban J connectivity index is 1.89. The highest BCUT2D eigenvalue weighted by Gasteiger charge is 2.33. The molecule has 28 heavy (non-hydrogen) atoms. The third kappa shape index (κ3) is 3.62. The third-order valence-electron chi connectivity index (χ3n) is 5.56. The van der Waals surface area contributed by atoms with Gasteiger partial charge in [0.05, 0.1) is 22.0 Å². The number of carboxylic acid groups (broad SMARTS) is 1. The Labute approximate surface area is 174 Å². The smallest absolute Gasteiger partial charge is 0.307 e. The maximum atomic E-state index is 11.7. The van der Waals surface area contributed by atoms with E-state index in [0.29, 0.717) is 23.0 Å². The molecule has 3 aromatic carbocycles. The molecular weight excluding hydrogens is 393 g/mol. The molecule has 0 amide bonds. The number of hydrogen-bond acceptors (Lipinski definition) is 2. The summed E-state index contributed by atoms with van der Waals surface area (Å²) < 4.78 is 0. The summed E-state index contributed by atoms with van der Waals surface area (Å²) in [6.45, 7) is 1.31. The van der Waals surface area contributed by atoms with Gasteiger partial charge in [-0.3, -0.25) is 9.69 Å². The monoisotopic (exact) mass is 413 g/mol. The number of rotatable bonds is 4. The minimum absolute atomic E-state index is 0.153. The van der Waals surface area contributed by atoms with Gasteiger partial charge in [-0.1, -0.05) is 77.8 Å². The van der Waals surface area contributed by atoms with Crippen LogP contribution in [0.3, 0.4) is 0 Å². The second kappa shape index (κ2) is 8.12. The van der Waals surface area contributed by atoms with Gasteiger partial charge < -0.3 is 5.11 Å². The Kier molecular flexibility index (Phi) is 5.58. The highest BCUT2D eigenvalue weighted by atomic mass is 35.5. The molecule has 144 valence electrons. The number of carboxylic acids is 1. The lowest BCUT2D eigenvalue weighted by atomic mass is 9.89. The Morgan fingerprint density at radius 2 is 1.71 bits per heavy atom. The van der Waals surface area contributed by atoms with Gasteiger partial charge in [0, 0.05) is 6.54 Å². The summed E-state index contributed by atoms with van der Waals surface area (Å²) in [5, 5.41) is 12.9. The van der Waals surface area contributed by atoms with E-state index < -0.39 is 5.97 Å². The minimum atomic E-state index is -0.737. The van der Waals surface area contributed by atoms with Crippen LogP contribution in [0, 0.1) is 5.92 Å². The van der Waals surface area contributed by atoms with Crippen molar-refractivity contribution in [2.24, 2.45) is 5.92 Å². The van der Waals surface area contributed by atoms with Crippen LogP contribution in [-0.2, 0) is 4.79 Å². The van der Waals surface area contributed by atoms with Crippen molar-refractivity contribution in [2.75, 3.05) is 13.1 Å². The summed E-state index contributed by atoms with van der Waals surface area (Å²) in [7, 11) is 0. The molecule has 5 heteroatoms. The van der Waals surface area contributed by atoms with Crippen LogP contribution in [0.2, 0.25) is 10.0 Å². The van der Waals surface area contributed by atoms with Gasteiger partial charge in [0.25, 0.3) is 0 Å². The van der Waals surface area contributed by atoms with Crippen molar-refractivity contribution in [2.45, 2.75) is 18.9 Å². The minimum Gasteiger partial charge on any atom is -0.481 e. The number of halogens is 2. The molecule has 0 aromatic heterocycles. The normalized spacial score (nSPS) is 18.9. The van der Waals surface area contributed by atoms with Crippen LogP contribution < -0.4 is 0 Å². The van der Waals surface area contributed by atoms with Crippen molar-refractivity contribution in [1.29, 1.82) is 0 Å². The molecule has 0 saturated carbocycles. The zero-order valence-electron chi connectivity index (χ0n) is 15.3. The Morgan fingerprint density at radius 3 is 2.54 bits per heavy atom. The van der Waals surface area contributed by atoms with E-state index in [-0.39, 0.29) is 12.0 Å². The average Bonchev–Trinajstić information content (AvgIpc) is 2.72. The molecule has 3 aromatic rings. The predicted octanol–water partition coefficient (Wildman–Crippen LogP) is 6.03. The summed E-state index contributed by atoms with van der Waals surface area (Å²) in [5.74, 6) is -1.11. The molecule has 3 nitrogen and oxygen atoms in total. The fourth-order valence-electron chi connectivity index (χ4n) is 4.22. The summed E-state index contributed by atoms with van der Waals surface area (Å²) in [6, 6.07) is 20.0. The molecule has 4 rings (SSSR count). The molecule has 1 N–H and O–H groups in total. The molecule has 0 spiro atoms. The van der Waals surface area contributed by atoms with E-state index in [2.05, 4.69) is 29.2 Å². The van der Waals surface area contributed by atoms with E-state index in [1.165, 1.54) is 0 Å². The zero-order chi connectivity index (χ0) is 19.7. The van der Waals surface area contributed by atoms with E-state index in [4.69, 9.17) is 23.2 Å². The predicted molar refractivity (Wildman–Crippen MR) is 114 cm³/mol. The molecule has 1 aliphatic heterocycles. The standard InChI is InChI=1S/C23H21Cl2NO2/c24-20-12-4-11-19(21(20)25)22(26-13-5-8-16(14-26)23(27)28)18-10-3-7-15-6-1-2-9-17(15)18/h1-4,6-7,9-12,16,22H,5,8,13-14H2,(H,27,28). The summed E-state index contributed by atoms with van der Waals surface area (Å²) in [6.07, 6.45) is 1.55. The first-order valence-electron chi connectivity index (χ1n) is 9.44. The molecule has 1 saturated heterocycles. The number of aliphatic carboxylic acids is 1. The summed E-state index contributed by atoms with van der Waals surface area (Å²) in [5.41, 5.74) is 2.03. The highest BCUT2D eigenvalue weighted by Crippen LogP contribution is 2.40. The van der Waals surface area contributed by atoms with Gasteiger partial charge in [0.2, 0.25) is 0 Å². The molecule has 2 atom stereocenters. The SMILES string of the molecule is O=C(O)C1CCCN(C(c2cccc(Cl)c2Cl)c2cccc3ccccc23)C1. The average molecular weight is 414 g/mol. The first-order chi connectivity index (χ1) is 13.6. The zero-order valence-corrected chi connectivity index (χ0v) is 16.8. The second-order valence-corrected chi connectivity index (χ2v) is 8.07. The van der Waals surface area contributed by atoms with Crippen LogP contribution in [0.5, 0.6) is 0 Å². The van der Waals surface area contributed by atoms with Crippen LogP contribution in [0.1, 0.15) is 30.0 Å². The Hall–Kier alpha value is -2.07. The van der Waals surface area contributed by atoms with Gasteiger partial charge in [-0.2, -0.15) is 0 Å². The second-order valence-electron chi connectivity index (χ2n) is 7.29. The quantitative estimate of drug-likeness (QED) is 0.567. The number of hydrogen-bond donors (Lipinski definition) is 1. The lowest BCUT2D eigenvalue weighted by Crippen LogP contribution is -2.41. The fraction of sp³-hybridized carbons (Fsp3) is 0.261.